The average molecular weight is 495 g/mol. The molecule has 0 aliphatic carbocycles. The van der Waals surface area contributed by atoms with E-state index in [9.17, 15) is 9.67 Å². The van der Waals surface area contributed by atoms with Crippen LogP contribution in [0, 0.1) is 0 Å². The molecule has 1 N–H and O–H groups in total. The molecule has 0 fully saturated rings. The Labute approximate surface area is 189 Å². The minimum atomic E-state index is -3.58. The number of halogens is 1. The van der Waals surface area contributed by atoms with Crippen LogP contribution in [-0.4, -0.2) is 19.3 Å². The molecule has 0 bridgehead atoms. The Hall–Kier alpha value is -1.39. The van der Waals surface area contributed by atoms with Gasteiger partial charge in [-0.15, -0.1) is 0 Å². The van der Waals surface area contributed by atoms with Crippen LogP contribution in [0.5, 0.6) is 5.75 Å². The molecule has 2 rings (SSSR count). The van der Waals surface area contributed by atoms with E-state index < -0.39 is 7.60 Å². The third kappa shape index (κ3) is 5.45. The van der Waals surface area contributed by atoms with Crippen LogP contribution in [0.2, 0.25) is 0 Å². The summed E-state index contributed by atoms with van der Waals surface area (Å²) in [4.78, 5) is 0. The zero-order valence-corrected chi connectivity index (χ0v) is 21.5. The van der Waals surface area contributed by atoms with Crippen LogP contribution in [0.25, 0.3) is 11.4 Å². The Morgan fingerprint density at radius 2 is 1.37 bits per heavy atom. The molecule has 0 radical (unpaired) electrons. The lowest BCUT2D eigenvalue weighted by atomic mass is 9.78. The Bertz CT molecular complexity index is 937. The first kappa shape index (κ1) is 24.9. The van der Waals surface area contributed by atoms with Crippen LogP contribution in [-0.2, 0) is 24.4 Å². The second-order valence-electron chi connectivity index (χ2n) is 9.36. The first-order valence-electron chi connectivity index (χ1n) is 9.80. The molecule has 0 aliphatic rings. The molecule has 6 heteroatoms. The molecule has 0 unspecified atom stereocenters. The van der Waals surface area contributed by atoms with Gasteiger partial charge in [-0.05, 0) is 52.3 Å². The van der Waals surface area contributed by atoms with Gasteiger partial charge in [-0.3, -0.25) is 4.57 Å². The zero-order valence-electron chi connectivity index (χ0n) is 19.0. The molecule has 0 aliphatic heterocycles. The maximum atomic E-state index is 13.5. The SMILES string of the molecule is COP(=O)(OC)/C(=C/c1ccc(Br)cc1)c1cc(C(C)(C)C)c(O)c(C(C)(C)C)c1. The molecule has 2 aromatic carbocycles. The van der Waals surface area contributed by atoms with E-state index in [1.165, 1.54) is 14.2 Å². The van der Waals surface area contributed by atoms with Crippen LogP contribution < -0.4 is 0 Å². The highest BCUT2D eigenvalue weighted by atomic mass is 79.9. The van der Waals surface area contributed by atoms with Gasteiger partial charge < -0.3 is 14.2 Å². The molecule has 0 saturated carbocycles. The molecule has 164 valence electrons. The summed E-state index contributed by atoms with van der Waals surface area (Å²) >= 11 is 3.44. The average Bonchev–Trinajstić information content (AvgIpc) is 2.65. The fourth-order valence-corrected chi connectivity index (χ4v) is 4.79. The topological polar surface area (TPSA) is 55.8 Å². The van der Waals surface area contributed by atoms with Gasteiger partial charge in [0.05, 0.1) is 5.31 Å². The van der Waals surface area contributed by atoms with Crippen LogP contribution in [0.4, 0.5) is 0 Å². The normalized spacial score (nSPS) is 13.6. The van der Waals surface area contributed by atoms with Gasteiger partial charge in [-0.2, -0.15) is 0 Å². The van der Waals surface area contributed by atoms with E-state index in [1.54, 1.807) is 0 Å². The van der Waals surface area contributed by atoms with Crippen LogP contribution in [0.1, 0.15) is 63.8 Å². The number of phenols is 1. The number of phenolic OH excluding ortho intramolecular Hbond substituents is 1. The van der Waals surface area contributed by atoms with Crippen molar-refractivity contribution in [2.75, 3.05) is 14.2 Å². The van der Waals surface area contributed by atoms with E-state index in [-0.39, 0.29) is 16.6 Å². The second kappa shape index (κ2) is 9.00. The summed E-state index contributed by atoms with van der Waals surface area (Å²) in [7, 11) is -0.813. The fourth-order valence-electron chi connectivity index (χ4n) is 3.23. The molecular formula is C24H32BrO4P. The minimum Gasteiger partial charge on any atom is -0.507 e. The predicted octanol–water partition coefficient (Wildman–Crippen LogP) is 7.73. The molecule has 4 nitrogen and oxygen atoms in total. The molecule has 0 heterocycles. The molecule has 0 saturated heterocycles. The van der Waals surface area contributed by atoms with Gasteiger partial charge in [0, 0.05) is 29.8 Å². The van der Waals surface area contributed by atoms with Crippen molar-refractivity contribution in [1.82, 2.24) is 0 Å². The summed E-state index contributed by atoms with van der Waals surface area (Å²) in [6.07, 6.45) is 1.82. The maximum Gasteiger partial charge on any atom is 0.361 e. The lowest BCUT2D eigenvalue weighted by molar-refractivity contribution is 0.288. The lowest BCUT2D eigenvalue weighted by Crippen LogP contribution is -2.18. The van der Waals surface area contributed by atoms with Gasteiger partial charge in [0.15, 0.2) is 0 Å². The highest BCUT2D eigenvalue weighted by Gasteiger charge is 2.33. The second-order valence-corrected chi connectivity index (χ2v) is 12.5. The molecule has 0 atom stereocenters. The van der Waals surface area contributed by atoms with Gasteiger partial charge in [0.1, 0.15) is 5.75 Å². The number of benzene rings is 2. The quantitative estimate of drug-likeness (QED) is 0.341. The minimum absolute atomic E-state index is 0.270. The third-order valence-electron chi connectivity index (χ3n) is 4.97. The van der Waals surface area contributed by atoms with Crippen LogP contribution in [0.3, 0.4) is 0 Å². The van der Waals surface area contributed by atoms with Crippen molar-refractivity contribution in [3.8, 4) is 5.75 Å². The Kier molecular flexibility index (Phi) is 7.46. The monoisotopic (exact) mass is 494 g/mol. The van der Waals surface area contributed by atoms with Crippen molar-refractivity contribution >= 4 is 34.9 Å². The maximum absolute atomic E-state index is 13.5. The summed E-state index contributed by atoms with van der Waals surface area (Å²) in [6, 6.07) is 11.5. The summed E-state index contributed by atoms with van der Waals surface area (Å²) in [5.74, 6) is 0.270. The van der Waals surface area contributed by atoms with Crippen LogP contribution in [0.15, 0.2) is 40.9 Å². The fraction of sp³-hybridized carbons (Fsp3) is 0.417. The third-order valence-corrected chi connectivity index (χ3v) is 7.44. The van der Waals surface area contributed by atoms with Gasteiger partial charge in [0.25, 0.3) is 0 Å². The van der Waals surface area contributed by atoms with Crippen molar-refractivity contribution in [3.63, 3.8) is 0 Å². The molecule has 2 aromatic rings. The van der Waals surface area contributed by atoms with Gasteiger partial charge >= 0.3 is 7.60 Å². The van der Waals surface area contributed by atoms with E-state index in [2.05, 4.69) is 15.9 Å². The van der Waals surface area contributed by atoms with Crippen molar-refractivity contribution in [1.29, 1.82) is 0 Å². The molecule has 30 heavy (non-hydrogen) atoms. The summed E-state index contributed by atoms with van der Waals surface area (Å²) in [5, 5.41) is 11.5. The Morgan fingerprint density at radius 1 is 0.933 bits per heavy atom. The Morgan fingerprint density at radius 3 is 1.73 bits per heavy atom. The highest BCUT2D eigenvalue weighted by Crippen LogP contribution is 2.61. The van der Waals surface area contributed by atoms with E-state index >= 15 is 0 Å². The smallest absolute Gasteiger partial charge is 0.361 e. The standard InChI is InChI=1S/C24H32BrO4P/c1-23(2,3)19-14-17(15-20(22(19)26)24(4,5)6)21(30(27,28-7)29-8)13-16-9-11-18(25)12-10-16/h9-15,26H,1-8H3/b21-13+. The van der Waals surface area contributed by atoms with Crippen molar-refractivity contribution in [3.05, 3.63) is 63.1 Å². The summed E-state index contributed by atoms with van der Waals surface area (Å²) in [5.41, 5.74) is 2.51. The van der Waals surface area contributed by atoms with Crippen LogP contribution >= 0.6 is 23.5 Å². The van der Waals surface area contributed by atoms with E-state index in [0.717, 1.165) is 21.2 Å². The zero-order chi connectivity index (χ0) is 22.9. The summed E-state index contributed by atoms with van der Waals surface area (Å²) < 4.78 is 25.2. The van der Waals surface area contributed by atoms with Crippen molar-refractivity contribution in [2.24, 2.45) is 0 Å². The lowest BCUT2D eigenvalue weighted by Gasteiger charge is -2.29. The molecular weight excluding hydrogens is 463 g/mol. The number of hydrogen-bond donors (Lipinski definition) is 1. The van der Waals surface area contributed by atoms with E-state index in [0.29, 0.717) is 10.9 Å². The predicted molar refractivity (Wildman–Crippen MR) is 129 cm³/mol. The van der Waals surface area contributed by atoms with Crippen molar-refractivity contribution < 1.29 is 18.7 Å². The van der Waals surface area contributed by atoms with Crippen molar-refractivity contribution in [2.45, 2.75) is 52.4 Å². The van der Waals surface area contributed by atoms with Gasteiger partial charge in [-0.1, -0.05) is 69.6 Å². The highest BCUT2D eigenvalue weighted by molar-refractivity contribution is 9.10. The first-order chi connectivity index (χ1) is 13.7. The Balaban J connectivity index is 2.90. The number of hydrogen-bond acceptors (Lipinski definition) is 4. The largest absolute Gasteiger partial charge is 0.507 e. The summed E-state index contributed by atoms with van der Waals surface area (Å²) in [6.45, 7) is 12.3. The first-order valence-corrected chi connectivity index (χ1v) is 12.1. The molecule has 0 amide bonds. The van der Waals surface area contributed by atoms with E-state index in [1.807, 2.05) is 84.0 Å². The number of rotatable bonds is 5. The van der Waals surface area contributed by atoms with E-state index in [4.69, 9.17) is 9.05 Å². The van der Waals surface area contributed by atoms with Gasteiger partial charge in [0.2, 0.25) is 0 Å². The number of aromatic hydroxyl groups is 1. The van der Waals surface area contributed by atoms with Gasteiger partial charge in [-0.25, -0.2) is 0 Å². The molecule has 0 spiro atoms. The molecule has 0 aromatic heterocycles.